The number of rotatable bonds is 5. The fourth-order valence-corrected chi connectivity index (χ4v) is 2.38. The Morgan fingerprint density at radius 1 is 1.00 bits per heavy atom. The van der Waals surface area contributed by atoms with E-state index in [0.29, 0.717) is 18.0 Å². The summed E-state index contributed by atoms with van der Waals surface area (Å²) in [5.74, 6) is 0.716. The van der Waals surface area contributed by atoms with Crippen molar-refractivity contribution in [3.05, 3.63) is 0 Å². The first-order valence-electron chi connectivity index (χ1n) is 6.68. The van der Waals surface area contributed by atoms with Crippen LogP contribution in [0.5, 0.6) is 0 Å². The average molecular weight is 227 g/mol. The van der Waals surface area contributed by atoms with E-state index < -0.39 is 0 Å². The molecule has 0 bridgehead atoms. The van der Waals surface area contributed by atoms with Crippen molar-refractivity contribution < 1.29 is 0 Å². The molecule has 0 aliphatic carbocycles. The van der Waals surface area contributed by atoms with Crippen LogP contribution in [0.1, 0.15) is 27.7 Å². The highest BCUT2D eigenvalue weighted by atomic mass is 15.3. The average Bonchev–Trinajstić information content (AvgIpc) is 2.26. The Hall–Kier alpha value is -0.120. The Bertz CT molecular complexity index is 184. The number of hydrogen-bond donors (Lipinski definition) is 1. The first-order chi connectivity index (χ1) is 7.54. The van der Waals surface area contributed by atoms with Gasteiger partial charge < -0.3 is 5.32 Å². The molecule has 3 heteroatoms. The third kappa shape index (κ3) is 4.04. The second kappa shape index (κ2) is 6.58. The number of hydrogen-bond acceptors (Lipinski definition) is 3. The summed E-state index contributed by atoms with van der Waals surface area (Å²) in [4.78, 5) is 5.17. The molecule has 1 unspecified atom stereocenters. The van der Waals surface area contributed by atoms with Crippen LogP contribution in [0, 0.1) is 5.92 Å². The van der Waals surface area contributed by atoms with Crippen molar-refractivity contribution in [2.45, 2.75) is 39.8 Å². The molecule has 0 saturated carbocycles. The maximum Gasteiger partial charge on any atom is 0.0214 e. The minimum Gasteiger partial charge on any atom is -0.315 e. The Balaban J connectivity index is 2.31. The van der Waals surface area contributed by atoms with E-state index in [2.05, 4.69) is 49.9 Å². The minimum absolute atomic E-state index is 0.630. The summed E-state index contributed by atoms with van der Waals surface area (Å²) in [6.07, 6.45) is 0. The van der Waals surface area contributed by atoms with Crippen LogP contribution in [0.3, 0.4) is 0 Å². The van der Waals surface area contributed by atoms with E-state index >= 15 is 0 Å². The number of nitrogens with zero attached hydrogens (tertiary/aromatic N) is 2. The molecule has 1 fully saturated rings. The number of piperazine rings is 1. The summed E-state index contributed by atoms with van der Waals surface area (Å²) < 4.78 is 0. The zero-order chi connectivity index (χ0) is 12.1. The fourth-order valence-electron chi connectivity index (χ4n) is 2.38. The summed E-state index contributed by atoms with van der Waals surface area (Å²) >= 11 is 0. The number of likely N-dealkylation sites (N-methyl/N-ethyl adjacent to an activating group) is 1. The highest BCUT2D eigenvalue weighted by Gasteiger charge is 2.21. The third-order valence-corrected chi connectivity index (χ3v) is 3.77. The largest absolute Gasteiger partial charge is 0.315 e. The van der Waals surface area contributed by atoms with E-state index in [1.807, 2.05) is 0 Å². The van der Waals surface area contributed by atoms with E-state index in [0.717, 1.165) is 0 Å². The van der Waals surface area contributed by atoms with Gasteiger partial charge in [0, 0.05) is 44.8 Å². The van der Waals surface area contributed by atoms with E-state index in [4.69, 9.17) is 0 Å². The van der Waals surface area contributed by atoms with Gasteiger partial charge in [-0.3, -0.25) is 9.80 Å². The van der Waals surface area contributed by atoms with Gasteiger partial charge in [-0.15, -0.1) is 0 Å². The fraction of sp³-hybridized carbons (Fsp3) is 1.00. The van der Waals surface area contributed by atoms with Gasteiger partial charge in [-0.1, -0.05) is 13.8 Å². The molecule has 1 heterocycles. The number of nitrogens with one attached hydrogen (secondary N) is 1. The lowest BCUT2D eigenvalue weighted by atomic mass is 10.0. The Labute approximate surface area is 101 Å². The van der Waals surface area contributed by atoms with Crippen molar-refractivity contribution in [1.82, 2.24) is 15.1 Å². The van der Waals surface area contributed by atoms with Gasteiger partial charge >= 0.3 is 0 Å². The Morgan fingerprint density at radius 2 is 1.56 bits per heavy atom. The summed E-state index contributed by atoms with van der Waals surface area (Å²) in [5, 5.41) is 3.43. The van der Waals surface area contributed by atoms with Gasteiger partial charge in [-0.25, -0.2) is 0 Å². The van der Waals surface area contributed by atoms with Crippen LogP contribution in [0.15, 0.2) is 0 Å². The zero-order valence-electron chi connectivity index (χ0n) is 11.7. The molecule has 3 nitrogen and oxygen atoms in total. The molecule has 0 aromatic heterocycles. The zero-order valence-corrected chi connectivity index (χ0v) is 11.7. The molecule has 1 atom stereocenters. The smallest absolute Gasteiger partial charge is 0.0214 e. The van der Waals surface area contributed by atoms with E-state index in [1.54, 1.807) is 0 Å². The van der Waals surface area contributed by atoms with Gasteiger partial charge in [0.2, 0.25) is 0 Å². The second-order valence-corrected chi connectivity index (χ2v) is 5.57. The van der Waals surface area contributed by atoms with E-state index in [9.17, 15) is 0 Å². The topological polar surface area (TPSA) is 18.5 Å². The molecule has 0 spiro atoms. The van der Waals surface area contributed by atoms with Crippen LogP contribution in [0.4, 0.5) is 0 Å². The monoisotopic (exact) mass is 227 g/mol. The molecule has 0 aromatic carbocycles. The lowest BCUT2D eigenvalue weighted by molar-refractivity contribution is 0.0971. The maximum absolute atomic E-state index is 3.43. The quantitative estimate of drug-likeness (QED) is 0.763. The minimum atomic E-state index is 0.630. The van der Waals surface area contributed by atoms with Crippen molar-refractivity contribution >= 4 is 0 Å². The van der Waals surface area contributed by atoms with Gasteiger partial charge in [-0.2, -0.15) is 0 Å². The van der Waals surface area contributed by atoms with Crippen LogP contribution < -0.4 is 5.32 Å². The van der Waals surface area contributed by atoms with Gasteiger partial charge in [-0.05, 0) is 26.8 Å². The standard InChI is InChI=1S/C13H29N3/c1-11(2)13(14-5)10-15-6-8-16(9-7-15)12(3)4/h11-14H,6-10H2,1-5H3. The first-order valence-corrected chi connectivity index (χ1v) is 6.68. The summed E-state index contributed by atoms with van der Waals surface area (Å²) in [5.41, 5.74) is 0. The van der Waals surface area contributed by atoms with Gasteiger partial charge in [0.25, 0.3) is 0 Å². The predicted octanol–water partition coefficient (Wildman–Crippen LogP) is 1.26. The highest BCUT2D eigenvalue weighted by Crippen LogP contribution is 2.09. The van der Waals surface area contributed by atoms with Crippen LogP contribution in [0.2, 0.25) is 0 Å². The molecule has 16 heavy (non-hydrogen) atoms. The van der Waals surface area contributed by atoms with E-state index in [-0.39, 0.29) is 0 Å². The molecule has 1 aliphatic rings. The first kappa shape index (κ1) is 13.9. The molecule has 0 aromatic rings. The van der Waals surface area contributed by atoms with Crippen molar-refractivity contribution in [1.29, 1.82) is 0 Å². The lowest BCUT2D eigenvalue weighted by Gasteiger charge is -2.38. The van der Waals surface area contributed by atoms with Gasteiger partial charge in [0.1, 0.15) is 0 Å². The molecule has 1 aliphatic heterocycles. The Morgan fingerprint density at radius 3 is 1.94 bits per heavy atom. The van der Waals surface area contributed by atoms with Gasteiger partial charge in [0.05, 0.1) is 0 Å². The molecule has 1 N–H and O–H groups in total. The van der Waals surface area contributed by atoms with Crippen LogP contribution >= 0.6 is 0 Å². The summed E-state index contributed by atoms with van der Waals surface area (Å²) in [7, 11) is 2.08. The van der Waals surface area contributed by atoms with Crippen LogP contribution in [-0.4, -0.2) is 61.7 Å². The van der Waals surface area contributed by atoms with Crippen molar-refractivity contribution in [2.75, 3.05) is 39.8 Å². The van der Waals surface area contributed by atoms with Gasteiger partial charge in [0.15, 0.2) is 0 Å². The maximum atomic E-state index is 3.43. The molecular weight excluding hydrogens is 198 g/mol. The van der Waals surface area contributed by atoms with Crippen LogP contribution in [-0.2, 0) is 0 Å². The van der Waals surface area contributed by atoms with Crippen molar-refractivity contribution in [2.24, 2.45) is 5.92 Å². The van der Waals surface area contributed by atoms with Crippen molar-refractivity contribution in [3.63, 3.8) is 0 Å². The normalized spacial score (nSPS) is 21.9. The van der Waals surface area contributed by atoms with E-state index in [1.165, 1.54) is 32.7 Å². The van der Waals surface area contributed by atoms with Crippen molar-refractivity contribution in [3.8, 4) is 0 Å². The summed E-state index contributed by atoms with van der Waals surface area (Å²) in [6.45, 7) is 15.3. The molecule has 1 saturated heterocycles. The second-order valence-electron chi connectivity index (χ2n) is 5.57. The molecule has 0 radical (unpaired) electrons. The molecule has 1 rings (SSSR count). The lowest BCUT2D eigenvalue weighted by Crippen LogP contribution is -2.52. The summed E-state index contributed by atoms with van der Waals surface area (Å²) in [6, 6.07) is 1.33. The molecule has 96 valence electrons. The Kier molecular flexibility index (Phi) is 5.73. The molecule has 0 amide bonds. The predicted molar refractivity (Wildman–Crippen MR) is 70.8 cm³/mol. The third-order valence-electron chi connectivity index (χ3n) is 3.77. The van der Waals surface area contributed by atoms with Crippen LogP contribution in [0.25, 0.3) is 0 Å². The SMILES string of the molecule is CNC(CN1CCN(C(C)C)CC1)C(C)C. The highest BCUT2D eigenvalue weighted by molar-refractivity contribution is 4.79. The molecular formula is C13H29N3.